The van der Waals surface area contributed by atoms with E-state index in [1.807, 2.05) is 37.3 Å². The van der Waals surface area contributed by atoms with E-state index < -0.39 is 18.0 Å². The molecule has 2 aromatic carbocycles. The molecule has 1 atom stereocenters. The predicted octanol–water partition coefficient (Wildman–Crippen LogP) is 5.26. The average Bonchev–Trinajstić information content (AvgIpc) is 3.30. The lowest BCUT2D eigenvalue weighted by atomic mass is 9.92. The van der Waals surface area contributed by atoms with Crippen LogP contribution in [0.2, 0.25) is 0 Å². The number of halogens is 1. The highest BCUT2D eigenvalue weighted by atomic mass is 127. The molecule has 0 aliphatic carbocycles. The molecular weight excluding hydrogens is 695 g/mol. The number of esters is 2. The normalized spacial score (nSPS) is 14.7. The lowest BCUT2D eigenvalue weighted by Gasteiger charge is -2.26. The number of fused-ring (bicyclic) bond motifs is 1. The van der Waals surface area contributed by atoms with Crippen LogP contribution in [-0.4, -0.2) is 43.4 Å². The molecule has 0 amide bonds. The van der Waals surface area contributed by atoms with Gasteiger partial charge in [-0.2, -0.15) is 0 Å². The number of thiazole rings is 1. The van der Waals surface area contributed by atoms with Crippen molar-refractivity contribution in [1.82, 2.24) is 4.57 Å². The fourth-order valence-electron chi connectivity index (χ4n) is 4.95. The van der Waals surface area contributed by atoms with Crippen molar-refractivity contribution in [2.75, 3.05) is 26.9 Å². The molecular formula is C33H37IN2O7S. The number of rotatable bonds is 12. The van der Waals surface area contributed by atoms with Crippen molar-refractivity contribution < 1.29 is 28.5 Å². The molecule has 0 N–H and O–H groups in total. The third-order valence-electron chi connectivity index (χ3n) is 7.00. The maximum absolute atomic E-state index is 14.1. The second-order valence-corrected chi connectivity index (χ2v) is 12.5. The fraction of sp³-hybridized carbons (Fsp3) is 0.394. The van der Waals surface area contributed by atoms with Gasteiger partial charge in [-0.05, 0) is 83.7 Å². The Labute approximate surface area is 274 Å². The zero-order valence-corrected chi connectivity index (χ0v) is 28.7. The second kappa shape index (κ2) is 15.0. The Hall–Kier alpha value is -3.45. The minimum Gasteiger partial charge on any atom is -0.493 e. The molecule has 1 aliphatic rings. The Balaban J connectivity index is 1.87. The number of allylic oxidation sites excluding steroid dienone is 1. The van der Waals surface area contributed by atoms with Crippen LogP contribution in [0.25, 0.3) is 6.08 Å². The van der Waals surface area contributed by atoms with E-state index >= 15 is 0 Å². The van der Waals surface area contributed by atoms with Crippen LogP contribution in [0.4, 0.5) is 0 Å². The van der Waals surface area contributed by atoms with E-state index in [2.05, 4.69) is 36.4 Å². The van der Waals surface area contributed by atoms with E-state index in [-0.39, 0.29) is 25.4 Å². The van der Waals surface area contributed by atoms with E-state index in [4.69, 9.17) is 23.9 Å². The number of hydrogen-bond acceptors (Lipinski definition) is 9. The molecule has 0 spiro atoms. The zero-order chi connectivity index (χ0) is 32.0. The van der Waals surface area contributed by atoms with Crippen LogP contribution in [0.5, 0.6) is 11.5 Å². The Morgan fingerprint density at radius 3 is 2.41 bits per heavy atom. The summed E-state index contributed by atoms with van der Waals surface area (Å²) in [5.41, 5.74) is 3.44. The highest BCUT2D eigenvalue weighted by Crippen LogP contribution is 2.35. The minimum absolute atomic E-state index is 0.213. The molecule has 4 rings (SSSR count). The van der Waals surface area contributed by atoms with Crippen molar-refractivity contribution in [3.8, 4) is 11.5 Å². The van der Waals surface area contributed by atoms with Gasteiger partial charge in [0, 0.05) is 0 Å². The molecule has 2 heterocycles. The summed E-state index contributed by atoms with van der Waals surface area (Å²) < 4.78 is 24.5. The summed E-state index contributed by atoms with van der Waals surface area (Å²) >= 11 is 3.37. The van der Waals surface area contributed by atoms with E-state index in [1.165, 1.54) is 18.4 Å². The third kappa shape index (κ3) is 7.26. The number of nitrogens with zero attached hydrogens (tertiary/aromatic N) is 2. The quantitative estimate of drug-likeness (QED) is 0.185. The monoisotopic (exact) mass is 732 g/mol. The number of carbonyl (C=O) groups is 2. The van der Waals surface area contributed by atoms with Gasteiger partial charge in [0.05, 0.1) is 45.7 Å². The molecule has 0 radical (unpaired) electrons. The van der Waals surface area contributed by atoms with Gasteiger partial charge in [-0.3, -0.25) is 9.36 Å². The SMILES string of the molecule is CCCC1=C(C(=O)OCC)[C@@H](c2ccc(C(C)C)cc2)n2c(s/c(=C\c3cc(I)c(OCC(=O)OCC)c(OC)c3)c2=O)=N1. The summed E-state index contributed by atoms with van der Waals surface area (Å²) in [6.45, 7) is 9.99. The standard InChI is InChI=1S/C33H37IN2O7S/c1-7-10-24-28(32(39)42-9-3)29(22-13-11-21(12-14-22)19(4)5)36-31(38)26(44-33(36)35-24)17-20-15-23(34)30(25(16-20)40-6)43-18-27(37)41-8-2/h11-17,19,29H,7-10,18H2,1-6H3/b26-17-/t29-/m1/s1. The predicted molar refractivity (Wildman–Crippen MR) is 178 cm³/mol. The highest BCUT2D eigenvalue weighted by Gasteiger charge is 2.34. The third-order valence-corrected chi connectivity index (χ3v) is 8.78. The smallest absolute Gasteiger partial charge is 0.344 e. The molecule has 3 aromatic rings. The van der Waals surface area contributed by atoms with Gasteiger partial charge in [-0.1, -0.05) is 62.8 Å². The first-order valence-corrected chi connectivity index (χ1v) is 16.5. The molecule has 1 aromatic heterocycles. The van der Waals surface area contributed by atoms with Gasteiger partial charge in [0.1, 0.15) is 0 Å². The summed E-state index contributed by atoms with van der Waals surface area (Å²) in [7, 11) is 1.51. The lowest BCUT2D eigenvalue weighted by molar-refractivity contribution is -0.145. The van der Waals surface area contributed by atoms with Crippen molar-refractivity contribution in [2.45, 2.75) is 59.4 Å². The highest BCUT2D eigenvalue weighted by molar-refractivity contribution is 14.1. The molecule has 1 aliphatic heterocycles. The first-order chi connectivity index (χ1) is 21.1. The van der Waals surface area contributed by atoms with Crippen LogP contribution in [-0.2, 0) is 19.1 Å². The molecule has 0 saturated heterocycles. The summed E-state index contributed by atoms with van der Waals surface area (Å²) in [6, 6.07) is 11.0. The number of aromatic nitrogens is 1. The van der Waals surface area contributed by atoms with Gasteiger partial charge in [0.2, 0.25) is 0 Å². The molecule has 0 unspecified atom stereocenters. The number of methoxy groups -OCH3 is 1. The molecule has 234 valence electrons. The molecule has 11 heteroatoms. The Kier molecular flexibility index (Phi) is 11.4. The van der Waals surface area contributed by atoms with Gasteiger partial charge in [0.25, 0.3) is 5.56 Å². The van der Waals surface area contributed by atoms with Crippen LogP contribution in [0.3, 0.4) is 0 Å². The largest absolute Gasteiger partial charge is 0.493 e. The summed E-state index contributed by atoms with van der Waals surface area (Å²) in [5.74, 6) is 0.216. The van der Waals surface area contributed by atoms with E-state index in [0.717, 1.165) is 17.5 Å². The van der Waals surface area contributed by atoms with E-state index in [0.29, 0.717) is 53.6 Å². The Bertz CT molecular complexity index is 1740. The number of ether oxygens (including phenoxy) is 4. The number of benzene rings is 2. The van der Waals surface area contributed by atoms with Crippen LogP contribution in [0.1, 0.15) is 76.1 Å². The van der Waals surface area contributed by atoms with Gasteiger partial charge in [-0.25, -0.2) is 14.6 Å². The maximum atomic E-state index is 14.1. The molecule has 9 nitrogen and oxygen atoms in total. The molecule has 0 saturated carbocycles. The molecule has 0 bridgehead atoms. The second-order valence-electron chi connectivity index (χ2n) is 10.4. The van der Waals surface area contributed by atoms with Crippen molar-refractivity contribution in [2.24, 2.45) is 4.99 Å². The first-order valence-electron chi connectivity index (χ1n) is 14.6. The fourth-order valence-corrected chi connectivity index (χ4v) is 6.75. The lowest BCUT2D eigenvalue weighted by Crippen LogP contribution is -2.40. The van der Waals surface area contributed by atoms with Crippen LogP contribution in [0.15, 0.2) is 57.5 Å². The van der Waals surface area contributed by atoms with Crippen LogP contribution in [0, 0.1) is 3.57 Å². The maximum Gasteiger partial charge on any atom is 0.344 e. The topological polar surface area (TPSA) is 105 Å². The molecule has 0 fully saturated rings. The van der Waals surface area contributed by atoms with Crippen molar-refractivity contribution in [3.05, 3.63) is 87.6 Å². The van der Waals surface area contributed by atoms with Crippen LogP contribution < -0.4 is 24.4 Å². The summed E-state index contributed by atoms with van der Waals surface area (Å²) in [4.78, 5) is 44.7. The first kappa shape index (κ1) is 33.4. The summed E-state index contributed by atoms with van der Waals surface area (Å²) in [5, 5.41) is 0. The number of hydrogen-bond donors (Lipinski definition) is 0. The molecule has 44 heavy (non-hydrogen) atoms. The van der Waals surface area contributed by atoms with Crippen LogP contribution >= 0.6 is 33.9 Å². The minimum atomic E-state index is -0.677. The van der Waals surface area contributed by atoms with E-state index in [9.17, 15) is 14.4 Å². The van der Waals surface area contributed by atoms with Gasteiger partial charge < -0.3 is 18.9 Å². The van der Waals surface area contributed by atoms with Crippen molar-refractivity contribution >= 4 is 51.9 Å². The van der Waals surface area contributed by atoms with Crippen molar-refractivity contribution in [3.63, 3.8) is 0 Å². The Morgan fingerprint density at radius 1 is 1.09 bits per heavy atom. The Morgan fingerprint density at radius 2 is 1.80 bits per heavy atom. The zero-order valence-electron chi connectivity index (χ0n) is 25.8. The van der Waals surface area contributed by atoms with Crippen molar-refractivity contribution in [1.29, 1.82) is 0 Å². The van der Waals surface area contributed by atoms with Gasteiger partial charge in [0.15, 0.2) is 22.9 Å². The van der Waals surface area contributed by atoms with Gasteiger partial charge in [-0.15, -0.1) is 0 Å². The number of carbonyl (C=O) groups excluding carboxylic acids is 2. The average molecular weight is 733 g/mol. The van der Waals surface area contributed by atoms with E-state index in [1.54, 1.807) is 30.6 Å². The summed E-state index contributed by atoms with van der Waals surface area (Å²) in [6.07, 6.45) is 3.12. The van der Waals surface area contributed by atoms with Gasteiger partial charge >= 0.3 is 11.9 Å².